The number of ether oxygens (including phenoxy) is 2. The van der Waals surface area contributed by atoms with Crippen molar-refractivity contribution in [3.05, 3.63) is 75.7 Å². The first-order chi connectivity index (χ1) is 15.9. The van der Waals surface area contributed by atoms with Crippen LogP contribution in [0.25, 0.3) is 0 Å². The van der Waals surface area contributed by atoms with E-state index in [-0.39, 0.29) is 12.4 Å². The van der Waals surface area contributed by atoms with Crippen molar-refractivity contribution in [2.75, 3.05) is 19.0 Å². The highest BCUT2D eigenvalue weighted by Gasteiger charge is 2.35. The first-order valence-corrected chi connectivity index (χ1v) is 11.6. The van der Waals surface area contributed by atoms with Gasteiger partial charge in [0.25, 0.3) is 0 Å². The van der Waals surface area contributed by atoms with Crippen LogP contribution in [0.4, 0.5) is 10.3 Å². The normalized spacial score (nSPS) is 15.1. The van der Waals surface area contributed by atoms with Crippen LogP contribution in [0.15, 0.2) is 58.9 Å². The fraction of sp³-hybridized carbons (Fsp3) is 0.261. The molecule has 33 heavy (non-hydrogen) atoms. The summed E-state index contributed by atoms with van der Waals surface area (Å²) >= 11 is 7.51. The lowest BCUT2D eigenvalue weighted by molar-refractivity contribution is -0.139. The molecule has 4 rings (SSSR count). The lowest BCUT2D eigenvalue weighted by Gasteiger charge is -2.28. The number of aromatic nitrogens is 3. The Bertz CT molecular complexity index is 1210. The van der Waals surface area contributed by atoms with Gasteiger partial charge in [-0.2, -0.15) is 4.98 Å². The van der Waals surface area contributed by atoms with E-state index in [0.29, 0.717) is 38.9 Å². The van der Waals surface area contributed by atoms with Crippen LogP contribution >= 0.6 is 23.4 Å². The first kappa shape index (κ1) is 23.1. The SMILES string of the molecule is CCOC(=O)C1=C(C)Nc2nc(SCc3ccc(F)cc3Cl)nn2[C@H]1c1ccc(OC)cc1. The number of hydrogen-bond donors (Lipinski definition) is 1. The molecule has 1 aliphatic heterocycles. The zero-order valence-electron chi connectivity index (χ0n) is 18.3. The van der Waals surface area contributed by atoms with Crippen LogP contribution in [0.1, 0.15) is 31.0 Å². The van der Waals surface area contributed by atoms with E-state index in [2.05, 4.69) is 15.4 Å². The average molecular weight is 489 g/mol. The lowest BCUT2D eigenvalue weighted by atomic mass is 9.96. The van der Waals surface area contributed by atoms with Crippen LogP contribution < -0.4 is 10.1 Å². The Morgan fingerprint density at radius 1 is 1.27 bits per heavy atom. The molecule has 0 spiro atoms. The molecule has 2 heterocycles. The third kappa shape index (κ3) is 4.84. The summed E-state index contributed by atoms with van der Waals surface area (Å²) in [7, 11) is 1.60. The molecule has 0 unspecified atom stereocenters. The molecule has 2 aromatic carbocycles. The number of thioether (sulfide) groups is 1. The third-order valence-electron chi connectivity index (χ3n) is 5.13. The molecule has 1 aromatic heterocycles. The standard InChI is InChI=1S/C23H22ClFN4O3S/c1-4-32-21(30)19-13(2)26-22-27-23(33-12-15-5-8-16(25)11-18(15)24)28-29(22)20(19)14-6-9-17(31-3)10-7-14/h5-11,20H,4,12H2,1-3H3,(H,26,27,28)/t20-/m0/s1. The minimum Gasteiger partial charge on any atom is -0.497 e. The van der Waals surface area contributed by atoms with Gasteiger partial charge in [-0.3, -0.25) is 0 Å². The highest BCUT2D eigenvalue weighted by molar-refractivity contribution is 7.98. The maximum atomic E-state index is 13.3. The lowest BCUT2D eigenvalue weighted by Crippen LogP contribution is -2.29. The molecule has 7 nitrogen and oxygen atoms in total. The smallest absolute Gasteiger partial charge is 0.338 e. The summed E-state index contributed by atoms with van der Waals surface area (Å²) < 4.78 is 25.6. The minimum absolute atomic E-state index is 0.259. The second-order valence-corrected chi connectivity index (χ2v) is 8.60. The van der Waals surface area contributed by atoms with Crippen LogP contribution in [0, 0.1) is 5.82 Å². The molecule has 1 N–H and O–H groups in total. The number of nitrogens with one attached hydrogen (secondary N) is 1. The van der Waals surface area contributed by atoms with Crippen molar-refractivity contribution >= 4 is 35.3 Å². The second kappa shape index (κ2) is 9.84. The van der Waals surface area contributed by atoms with Gasteiger partial charge < -0.3 is 14.8 Å². The molecule has 0 amide bonds. The maximum absolute atomic E-state index is 13.3. The van der Waals surface area contributed by atoms with Crippen molar-refractivity contribution in [3.8, 4) is 5.75 Å². The fourth-order valence-electron chi connectivity index (χ4n) is 3.54. The van der Waals surface area contributed by atoms with Crippen molar-refractivity contribution in [3.63, 3.8) is 0 Å². The predicted molar refractivity (Wildman–Crippen MR) is 125 cm³/mol. The van der Waals surface area contributed by atoms with E-state index in [1.54, 1.807) is 24.8 Å². The number of anilines is 1. The summed E-state index contributed by atoms with van der Waals surface area (Å²) in [4.78, 5) is 17.4. The molecule has 0 saturated heterocycles. The van der Waals surface area contributed by atoms with Crippen LogP contribution in [0.5, 0.6) is 5.75 Å². The van der Waals surface area contributed by atoms with E-state index < -0.39 is 12.0 Å². The van der Waals surface area contributed by atoms with Crippen molar-refractivity contribution < 1.29 is 18.7 Å². The largest absolute Gasteiger partial charge is 0.497 e. The van der Waals surface area contributed by atoms with E-state index in [1.165, 1.54) is 23.9 Å². The molecule has 0 saturated carbocycles. The summed E-state index contributed by atoms with van der Waals surface area (Å²) in [5.74, 6) is 0.874. The zero-order valence-corrected chi connectivity index (χ0v) is 19.8. The number of benzene rings is 2. The number of fused-ring (bicyclic) bond motifs is 1. The van der Waals surface area contributed by atoms with Crippen molar-refractivity contribution in [2.24, 2.45) is 0 Å². The molecule has 0 radical (unpaired) electrons. The fourth-order valence-corrected chi connectivity index (χ4v) is 4.69. The van der Waals surface area contributed by atoms with E-state index in [0.717, 1.165) is 11.1 Å². The molecular weight excluding hydrogens is 467 g/mol. The van der Waals surface area contributed by atoms with Crippen LogP contribution in [0.3, 0.4) is 0 Å². The number of methoxy groups -OCH3 is 1. The summed E-state index contributed by atoms with van der Waals surface area (Å²) in [6.07, 6.45) is 0. The molecule has 3 aromatic rings. The van der Waals surface area contributed by atoms with E-state index in [4.69, 9.17) is 21.1 Å². The summed E-state index contributed by atoms with van der Waals surface area (Å²) in [5.41, 5.74) is 2.71. The number of carbonyl (C=O) groups is 1. The van der Waals surface area contributed by atoms with Gasteiger partial charge in [-0.05, 0) is 49.2 Å². The van der Waals surface area contributed by atoms with Crippen LogP contribution in [0.2, 0.25) is 5.02 Å². The van der Waals surface area contributed by atoms with Gasteiger partial charge in [0.05, 0.1) is 19.3 Å². The molecule has 0 bridgehead atoms. The van der Waals surface area contributed by atoms with Gasteiger partial charge >= 0.3 is 5.97 Å². The topological polar surface area (TPSA) is 78.3 Å². The first-order valence-electron chi connectivity index (χ1n) is 10.2. The Balaban J connectivity index is 1.68. The van der Waals surface area contributed by atoms with Crippen molar-refractivity contribution in [1.82, 2.24) is 14.8 Å². The minimum atomic E-state index is -0.525. The van der Waals surface area contributed by atoms with Gasteiger partial charge in [-0.1, -0.05) is 41.6 Å². The van der Waals surface area contributed by atoms with E-state index in [1.807, 2.05) is 31.2 Å². The maximum Gasteiger partial charge on any atom is 0.338 e. The Morgan fingerprint density at radius 3 is 2.70 bits per heavy atom. The third-order valence-corrected chi connectivity index (χ3v) is 6.37. The van der Waals surface area contributed by atoms with Crippen molar-refractivity contribution in [2.45, 2.75) is 30.8 Å². The summed E-state index contributed by atoms with van der Waals surface area (Å²) in [6.45, 7) is 3.84. The highest BCUT2D eigenvalue weighted by atomic mass is 35.5. The van der Waals surface area contributed by atoms with Gasteiger partial charge in [0, 0.05) is 16.5 Å². The van der Waals surface area contributed by atoms with Gasteiger partial charge in [0.1, 0.15) is 17.6 Å². The number of halogens is 2. The molecular formula is C23H22ClFN4O3S. The number of hydrogen-bond acceptors (Lipinski definition) is 7. The van der Waals surface area contributed by atoms with Crippen molar-refractivity contribution in [1.29, 1.82) is 0 Å². The average Bonchev–Trinajstić information content (AvgIpc) is 3.20. The summed E-state index contributed by atoms with van der Waals surface area (Å²) in [6, 6.07) is 11.2. The van der Waals surface area contributed by atoms with Crippen LogP contribution in [-0.2, 0) is 15.3 Å². The van der Waals surface area contributed by atoms with Gasteiger partial charge in [-0.15, -0.1) is 5.10 Å². The quantitative estimate of drug-likeness (QED) is 0.360. The van der Waals surface area contributed by atoms with Gasteiger partial charge in [0.15, 0.2) is 0 Å². The number of allylic oxidation sites excluding steroid dienone is 1. The Hall–Kier alpha value is -3.04. The molecule has 172 valence electrons. The number of nitrogens with zero attached hydrogens (tertiary/aromatic N) is 3. The highest BCUT2D eigenvalue weighted by Crippen LogP contribution is 2.37. The molecule has 1 aliphatic rings. The summed E-state index contributed by atoms with van der Waals surface area (Å²) in [5, 5.41) is 8.66. The van der Waals surface area contributed by atoms with Gasteiger partial charge in [0.2, 0.25) is 11.1 Å². The Labute approximate surface area is 199 Å². The number of esters is 1. The molecule has 0 fully saturated rings. The number of carbonyl (C=O) groups excluding carboxylic acids is 1. The van der Waals surface area contributed by atoms with E-state index in [9.17, 15) is 9.18 Å². The van der Waals surface area contributed by atoms with Crippen LogP contribution in [-0.4, -0.2) is 34.5 Å². The zero-order chi connectivity index (χ0) is 23.5. The number of rotatable bonds is 7. The monoisotopic (exact) mass is 488 g/mol. The Kier molecular flexibility index (Phi) is 6.90. The Morgan fingerprint density at radius 2 is 2.03 bits per heavy atom. The van der Waals surface area contributed by atoms with E-state index >= 15 is 0 Å². The molecule has 1 atom stereocenters. The molecule has 10 heteroatoms. The predicted octanol–water partition coefficient (Wildman–Crippen LogP) is 5.22. The van der Waals surface area contributed by atoms with Gasteiger partial charge in [-0.25, -0.2) is 13.9 Å². The molecule has 0 aliphatic carbocycles. The second-order valence-electron chi connectivity index (χ2n) is 7.25.